The fraction of sp³-hybridized carbons (Fsp3) is 0.367. The van der Waals surface area contributed by atoms with E-state index in [2.05, 4.69) is 20.3 Å². The van der Waals surface area contributed by atoms with Crippen LogP contribution in [0.15, 0.2) is 55.0 Å². The van der Waals surface area contributed by atoms with Crippen molar-refractivity contribution in [3.8, 4) is 11.3 Å². The number of amides is 1. The molecule has 2 N–H and O–H groups in total. The predicted octanol–water partition coefficient (Wildman–Crippen LogP) is 5.89. The molecule has 0 atom stereocenters. The summed E-state index contributed by atoms with van der Waals surface area (Å²) in [6, 6.07) is 11.5. The van der Waals surface area contributed by atoms with Gasteiger partial charge in [-0.2, -0.15) is 0 Å². The summed E-state index contributed by atoms with van der Waals surface area (Å²) in [6.07, 6.45) is 7.19. The summed E-state index contributed by atoms with van der Waals surface area (Å²) in [7, 11) is 0. The number of carbonyl (C=O) groups is 2. The molecular weight excluding hydrogens is 522 g/mol. The summed E-state index contributed by atoms with van der Waals surface area (Å²) in [5.41, 5.74) is 3.68. The zero-order valence-corrected chi connectivity index (χ0v) is 23.4. The summed E-state index contributed by atoms with van der Waals surface area (Å²) in [6.45, 7) is 6.60. The number of H-pyrrole nitrogens is 1. The SMILES string of the molecule is CC(C)(C)OC(=O)N(Cc1cc2ccc(Cn3cc(-c4cnc5[nH]ccc5c4)nn3)cc2n1C(=O)O)CC1CCC1. The van der Waals surface area contributed by atoms with Crippen molar-refractivity contribution in [2.45, 2.75) is 58.7 Å². The van der Waals surface area contributed by atoms with Crippen LogP contribution in [0.1, 0.15) is 51.3 Å². The van der Waals surface area contributed by atoms with Crippen molar-refractivity contribution in [2.75, 3.05) is 6.54 Å². The fourth-order valence-corrected chi connectivity index (χ4v) is 5.23. The van der Waals surface area contributed by atoms with E-state index in [0.29, 0.717) is 35.9 Å². The maximum Gasteiger partial charge on any atom is 0.416 e. The van der Waals surface area contributed by atoms with Gasteiger partial charge < -0.3 is 19.7 Å². The lowest BCUT2D eigenvalue weighted by atomic mass is 9.85. The van der Waals surface area contributed by atoms with Crippen LogP contribution in [-0.4, -0.2) is 63.9 Å². The molecule has 1 aliphatic rings. The Labute approximate surface area is 236 Å². The first-order valence-electron chi connectivity index (χ1n) is 13.8. The van der Waals surface area contributed by atoms with Gasteiger partial charge in [-0.1, -0.05) is 23.8 Å². The number of aromatic amines is 1. The molecule has 11 heteroatoms. The minimum absolute atomic E-state index is 0.147. The molecule has 1 aliphatic carbocycles. The summed E-state index contributed by atoms with van der Waals surface area (Å²) in [5.74, 6) is 0.407. The van der Waals surface area contributed by atoms with Crippen LogP contribution < -0.4 is 0 Å². The van der Waals surface area contributed by atoms with Crippen molar-refractivity contribution in [1.29, 1.82) is 0 Å². The van der Waals surface area contributed by atoms with Gasteiger partial charge in [0, 0.05) is 41.0 Å². The monoisotopic (exact) mass is 555 g/mol. The highest BCUT2D eigenvalue weighted by Crippen LogP contribution is 2.30. The summed E-state index contributed by atoms with van der Waals surface area (Å²) in [4.78, 5) is 34.7. The molecular formula is C30H33N7O4. The van der Waals surface area contributed by atoms with Gasteiger partial charge in [0.05, 0.1) is 24.8 Å². The molecule has 212 valence electrons. The van der Waals surface area contributed by atoms with Crippen molar-refractivity contribution in [3.05, 3.63) is 66.2 Å². The van der Waals surface area contributed by atoms with E-state index in [1.165, 1.54) is 4.57 Å². The number of carbonyl (C=O) groups excluding carboxylic acids is 1. The molecule has 4 aromatic heterocycles. The van der Waals surface area contributed by atoms with Crippen LogP contribution in [0.5, 0.6) is 0 Å². The highest BCUT2D eigenvalue weighted by molar-refractivity contribution is 5.91. The Morgan fingerprint density at radius 3 is 2.71 bits per heavy atom. The van der Waals surface area contributed by atoms with Crippen molar-refractivity contribution in [1.82, 2.24) is 34.4 Å². The van der Waals surface area contributed by atoms with Crippen molar-refractivity contribution in [2.24, 2.45) is 5.92 Å². The van der Waals surface area contributed by atoms with E-state index in [9.17, 15) is 14.7 Å². The number of carboxylic acid groups (broad SMARTS) is 1. The molecule has 0 bridgehead atoms. The lowest BCUT2D eigenvalue weighted by Gasteiger charge is -2.33. The third-order valence-electron chi connectivity index (χ3n) is 7.42. The first kappa shape index (κ1) is 26.5. The molecule has 1 saturated carbocycles. The first-order valence-corrected chi connectivity index (χ1v) is 13.8. The Balaban J connectivity index is 1.26. The molecule has 1 aromatic carbocycles. The van der Waals surface area contributed by atoms with E-state index in [1.54, 1.807) is 15.8 Å². The molecule has 4 heterocycles. The average Bonchev–Trinajstić information content (AvgIpc) is 3.61. The quantitative estimate of drug-likeness (QED) is 0.256. The minimum Gasteiger partial charge on any atom is -0.464 e. The topological polar surface area (TPSA) is 131 Å². The molecule has 1 amide bonds. The molecule has 5 aromatic rings. The van der Waals surface area contributed by atoms with Crippen LogP contribution >= 0.6 is 0 Å². The van der Waals surface area contributed by atoms with Crippen molar-refractivity contribution in [3.63, 3.8) is 0 Å². The number of fused-ring (bicyclic) bond motifs is 2. The van der Waals surface area contributed by atoms with E-state index >= 15 is 0 Å². The van der Waals surface area contributed by atoms with Gasteiger partial charge in [0.2, 0.25) is 0 Å². The Kier molecular flexibility index (Phi) is 6.72. The summed E-state index contributed by atoms with van der Waals surface area (Å²) in [5, 5.41) is 20.6. The standard InChI is InChI=1S/C30H33N7O4/c1-30(2,3)41-29(40)35(15-19-5-4-6-19)17-24-13-21-8-7-20(11-26(21)37(24)28(38)39)16-36-18-25(33-34-36)23-12-22-9-10-31-27(22)32-14-23/h7-14,18-19H,4-6,15-17H2,1-3H3,(H,31,32)(H,38,39). The Bertz CT molecular complexity index is 1740. The Morgan fingerprint density at radius 2 is 1.98 bits per heavy atom. The van der Waals surface area contributed by atoms with Gasteiger partial charge >= 0.3 is 12.2 Å². The predicted molar refractivity (Wildman–Crippen MR) is 154 cm³/mol. The van der Waals surface area contributed by atoms with Crippen LogP contribution in [0.25, 0.3) is 33.2 Å². The zero-order valence-electron chi connectivity index (χ0n) is 23.4. The van der Waals surface area contributed by atoms with Crippen LogP contribution in [0.4, 0.5) is 9.59 Å². The Morgan fingerprint density at radius 1 is 1.15 bits per heavy atom. The van der Waals surface area contributed by atoms with Gasteiger partial charge in [0.1, 0.15) is 16.9 Å². The van der Waals surface area contributed by atoms with Gasteiger partial charge in [-0.15, -0.1) is 5.10 Å². The number of nitrogens with one attached hydrogen (secondary N) is 1. The molecule has 11 nitrogen and oxygen atoms in total. The Hall–Kier alpha value is -4.67. The summed E-state index contributed by atoms with van der Waals surface area (Å²) < 4.78 is 8.64. The van der Waals surface area contributed by atoms with E-state index in [4.69, 9.17) is 4.74 Å². The normalized spacial score (nSPS) is 13.9. The fourth-order valence-electron chi connectivity index (χ4n) is 5.23. The van der Waals surface area contributed by atoms with Gasteiger partial charge in [0.15, 0.2) is 0 Å². The van der Waals surface area contributed by atoms with Crippen LogP contribution in [0.3, 0.4) is 0 Å². The number of aromatic nitrogens is 6. The second-order valence-corrected chi connectivity index (χ2v) is 11.7. The van der Waals surface area contributed by atoms with Crippen LogP contribution in [0.2, 0.25) is 0 Å². The minimum atomic E-state index is -1.10. The number of ether oxygens (including phenoxy) is 1. The molecule has 0 saturated heterocycles. The molecule has 0 radical (unpaired) electrons. The first-order chi connectivity index (χ1) is 19.6. The van der Waals surface area contributed by atoms with Gasteiger partial charge in [-0.25, -0.2) is 23.8 Å². The number of hydrogen-bond donors (Lipinski definition) is 2. The maximum absolute atomic E-state index is 13.1. The van der Waals surface area contributed by atoms with Crippen molar-refractivity contribution >= 4 is 34.1 Å². The number of pyridine rings is 1. The second kappa shape index (κ2) is 10.4. The molecule has 0 spiro atoms. The molecule has 0 aliphatic heterocycles. The summed E-state index contributed by atoms with van der Waals surface area (Å²) >= 11 is 0. The van der Waals surface area contributed by atoms with E-state index < -0.39 is 17.8 Å². The zero-order chi connectivity index (χ0) is 28.7. The van der Waals surface area contributed by atoms with Gasteiger partial charge in [0.25, 0.3) is 0 Å². The third-order valence-corrected chi connectivity index (χ3v) is 7.42. The average molecular weight is 556 g/mol. The van der Waals surface area contributed by atoms with E-state index in [0.717, 1.165) is 46.8 Å². The van der Waals surface area contributed by atoms with E-state index in [1.807, 2.05) is 69.6 Å². The second-order valence-electron chi connectivity index (χ2n) is 11.7. The number of nitrogens with zero attached hydrogens (tertiary/aromatic N) is 6. The van der Waals surface area contributed by atoms with E-state index in [-0.39, 0.29) is 6.54 Å². The highest BCUT2D eigenvalue weighted by atomic mass is 16.6. The lowest BCUT2D eigenvalue weighted by Crippen LogP contribution is -2.41. The molecule has 41 heavy (non-hydrogen) atoms. The maximum atomic E-state index is 13.1. The molecule has 1 fully saturated rings. The number of benzene rings is 1. The third kappa shape index (κ3) is 5.65. The number of rotatable bonds is 7. The van der Waals surface area contributed by atoms with Gasteiger partial charge in [-0.05, 0) is 69.4 Å². The van der Waals surface area contributed by atoms with Gasteiger partial charge in [-0.3, -0.25) is 0 Å². The molecule has 0 unspecified atom stereocenters. The smallest absolute Gasteiger partial charge is 0.416 e. The van der Waals surface area contributed by atoms with Crippen molar-refractivity contribution < 1.29 is 19.4 Å². The highest BCUT2D eigenvalue weighted by Gasteiger charge is 2.29. The van der Waals surface area contributed by atoms with Crippen LogP contribution in [0, 0.1) is 5.92 Å². The lowest BCUT2D eigenvalue weighted by molar-refractivity contribution is 0.0168. The number of hydrogen-bond acceptors (Lipinski definition) is 6. The molecule has 6 rings (SSSR count). The van der Waals surface area contributed by atoms with Crippen LogP contribution in [-0.2, 0) is 17.8 Å². The largest absolute Gasteiger partial charge is 0.464 e.